The number of hydrogen-bond acceptors (Lipinski definition) is 5. The Bertz CT molecular complexity index is 972. The minimum absolute atomic E-state index is 0.153. The Labute approximate surface area is 183 Å². The molecule has 1 atom stereocenters. The summed E-state index contributed by atoms with van der Waals surface area (Å²) in [5.41, 5.74) is -0.687. The highest BCUT2D eigenvalue weighted by Gasteiger charge is 2.33. The van der Waals surface area contributed by atoms with Crippen LogP contribution in [0.4, 0.5) is 23.7 Å². The second-order valence-electron chi connectivity index (χ2n) is 8.29. The van der Waals surface area contributed by atoms with Crippen LogP contribution in [0.15, 0.2) is 42.6 Å². The molecule has 0 radical (unpaired) electrons. The molecule has 0 bridgehead atoms. The lowest BCUT2D eigenvalue weighted by molar-refractivity contribution is -0.141. The van der Waals surface area contributed by atoms with Crippen molar-refractivity contribution in [3.63, 3.8) is 0 Å². The van der Waals surface area contributed by atoms with Crippen LogP contribution in [0.3, 0.4) is 0 Å². The minimum atomic E-state index is -4.63. The molecule has 7 nitrogen and oxygen atoms in total. The number of halogens is 3. The van der Waals surface area contributed by atoms with E-state index < -0.39 is 29.5 Å². The van der Waals surface area contributed by atoms with E-state index in [0.29, 0.717) is 31.5 Å². The van der Waals surface area contributed by atoms with E-state index >= 15 is 0 Å². The highest BCUT2D eigenvalue weighted by Crippen LogP contribution is 2.28. The Morgan fingerprint density at radius 2 is 1.84 bits per heavy atom. The maximum Gasteiger partial charge on any atom is 0.433 e. The first-order chi connectivity index (χ1) is 14.9. The second kappa shape index (κ2) is 9.15. The van der Waals surface area contributed by atoms with Crippen LogP contribution in [0.25, 0.3) is 0 Å². The molecule has 0 unspecified atom stereocenters. The molecule has 32 heavy (non-hydrogen) atoms. The van der Waals surface area contributed by atoms with Gasteiger partial charge in [0.05, 0.1) is 13.2 Å². The monoisotopic (exact) mass is 451 g/mol. The number of anilines is 1. The number of carbonyl (C=O) groups is 2. The molecule has 172 valence electrons. The molecule has 3 rings (SSSR count). The molecular formula is C22H24F3N3O4. The molecule has 1 saturated heterocycles. The fourth-order valence-corrected chi connectivity index (χ4v) is 3.05. The standard InChI is InChI=1S/C22H24F3N3O4/c1-21(2,3)32-20(30)28-10-11-31-17(13-28)14-4-6-16(7-5-14)27-19(29)15-8-9-26-18(12-15)22(23,24)25/h4-9,12,17H,10-11,13H2,1-3H3,(H,27,29)/t17-/m1/s1. The van der Waals surface area contributed by atoms with Gasteiger partial charge < -0.3 is 19.7 Å². The lowest BCUT2D eigenvalue weighted by Crippen LogP contribution is -2.44. The number of nitrogens with zero attached hydrogens (tertiary/aromatic N) is 2. The molecule has 10 heteroatoms. The molecule has 2 aromatic rings. The summed E-state index contributed by atoms with van der Waals surface area (Å²) in [6.45, 7) is 6.48. The summed E-state index contributed by atoms with van der Waals surface area (Å²) >= 11 is 0. The molecule has 2 heterocycles. The molecule has 1 aromatic carbocycles. The third-order valence-electron chi connectivity index (χ3n) is 4.57. The predicted molar refractivity (Wildman–Crippen MR) is 110 cm³/mol. The van der Waals surface area contributed by atoms with E-state index in [4.69, 9.17) is 9.47 Å². The summed E-state index contributed by atoms with van der Waals surface area (Å²) in [6.07, 6.45) is -4.47. The van der Waals surface area contributed by atoms with Gasteiger partial charge in [0.2, 0.25) is 0 Å². The molecule has 0 saturated carbocycles. The van der Waals surface area contributed by atoms with Crippen molar-refractivity contribution in [2.45, 2.75) is 38.7 Å². The van der Waals surface area contributed by atoms with Crippen molar-refractivity contribution >= 4 is 17.7 Å². The van der Waals surface area contributed by atoms with E-state index in [1.165, 1.54) is 6.07 Å². The Hall–Kier alpha value is -3.14. The van der Waals surface area contributed by atoms with Crippen molar-refractivity contribution in [1.29, 1.82) is 0 Å². The smallest absolute Gasteiger partial charge is 0.433 e. The quantitative estimate of drug-likeness (QED) is 0.734. The highest BCUT2D eigenvalue weighted by atomic mass is 19.4. The summed E-state index contributed by atoms with van der Waals surface area (Å²) < 4.78 is 49.6. The molecule has 1 aliphatic heterocycles. The number of benzene rings is 1. The molecule has 1 N–H and O–H groups in total. The maximum atomic E-state index is 12.8. The van der Waals surface area contributed by atoms with Gasteiger partial charge in [-0.05, 0) is 50.6 Å². The average Bonchev–Trinajstić information content (AvgIpc) is 2.72. The maximum absolute atomic E-state index is 12.8. The van der Waals surface area contributed by atoms with Crippen molar-refractivity contribution in [2.24, 2.45) is 0 Å². The van der Waals surface area contributed by atoms with Crippen LogP contribution < -0.4 is 5.32 Å². The molecule has 2 amide bonds. The van der Waals surface area contributed by atoms with E-state index in [-0.39, 0.29) is 11.7 Å². The number of hydrogen-bond donors (Lipinski definition) is 1. The van der Waals surface area contributed by atoms with E-state index in [2.05, 4.69) is 10.3 Å². The van der Waals surface area contributed by atoms with Gasteiger partial charge in [0.15, 0.2) is 0 Å². The zero-order chi connectivity index (χ0) is 23.5. The Balaban J connectivity index is 1.64. The number of pyridine rings is 1. The van der Waals surface area contributed by atoms with Crippen LogP contribution in [0.5, 0.6) is 0 Å². The molecule has 1 aromatic heterocycles. The summed E-state index contributed by atoms with van der Waals surface area (Å²) in [5, 5.41) is 2.56. The molecule has 0 aliphatic carbocycles. The fourth-order valence-electron chi connectivity index (χ4n) is 3.05. The van der Waals surface area contributed by atoms with E-state index in [1.54, 1.807) is 49.9 Å². The lowest BCUT2D eigenvalue weighted by Gasteiger charge is -2.34. The molecule has 1 fully saturated rings. The van der Waals surface area contributed by atoms with Gasteiger partial charge in [-0.25, -0.2) is 4.79 Å². The van der Waals surface area contributed by atoms with Gasteiger partial charge in [-0.2, -0.15) is 13.2 Å². The first-order valence-corrected chi connectivity index (χ1v) is 9.96. The topological polar surface area (TPSA) is 80.8 Å². The van der Waals surface area contributed by atoms with Crippen LogP contribution in [0, 0.1) is 0 Å². The van der Waals surface area contributed by atoms with E-state index in [0.717, 1.165) is 11.8 Å². The molecule has 0 spiro atoms. The summed E-state index contributed by atoms with van der Waals surface area (Å²) in [5.74, 6) is -0.685. The van der Waals surface area contributed by atoms with E-state index in [9.17, 15) is 22.8 Å². The zero-order valence-electron chi connectivity index (χ0n) is 17.9. The number of alkyl halides is 3. The average molecular weight is 451 g/mol. The van der Waals surface area contributed by atoms with Crippen molar-refractivity contribution in [2.75, 3.05) is 25.0 Å². The van der Waals surface area contributed by atoms with Crippen LogP contribution in [-0.2, 0) is 15.7 Å². The Morgan fingerprint density at radius 1 is 1.16 bits per heavy atom. The molecular weight excluding hydrogens is 427 g/mol. The zero-order valence-corrected chi connectivity index (χ0v) is 17.9. The highest BCUT2D eigenvalue weighted by molar-refractivity contribution is 6.04. The van der Waals surface area contributed by atoms with Crippen molar-refractivity contribution in [1.82, 2.24) is 9.88 Å². The van der Waals surface area contributed by atoms with Gasteiger partial charge in [-0.3, -0.25) is 9.78 Å². The van der Waals surface area contributed by atoms with Crippen molar-refractivity contribution < 1.29 is 32.2 Å². The van der Waals surface area contributed by atoms with Gasteiger partial charge >= 0.3 is 12.3 Å². The lowest BCUT2D eigenvalue weighted by atomic mass is 10.1. The van der Waals surface area contributed by atoms with E-state index in [1.807, 2.05) is 0 Å². The van der Waals surface area contributed by atoms with Gasteiger partial charge in [-0.15, -0.1) is 0 Å². The number of amides is 2. The number of carbonyl (C=O) groups excluding carboxylic acids is 2. The van der Waals surface area contributed by atoms with Gasteiger partial charge in [0.1, 0.15) is 17.4 Å². The second-order valence-corrected chi connectivity index (χ2v) is 8.29. The summed E-state index contributed by atoms with van der Waals surface area (Å²) in [4.78, 5) is 29.5. The van der Waals surface area contributed by atoms with Crippen molar-refractivity contribution in [3.8, 4) is 0 Å². The minimum Gasteiger partial charge on any atom is -0.444 e. The van der Waals surface area contributed by atoms with Crippen molar-refractivity contribution in [3.05, 3.63) is 59.4 Å². The Kier molecular flexibility index (Phi) is 6.73. The van der Waals surface area contributed by atoms with Gasteiger partial charge in [0.25, 0.3) is 5.91 Å². The normalized spacial score (nSPS) is 17.1. The summed E-state index contributed by atoms with van der Waals surface area (Å²) in [6, 6.07) is 8.60. The van der Waals surface area contributed by atoms with Gasteiger partial charge in [-0.1, -0.05) is 12.1 Å². The first-order valence-electron chi connectivity index (χ1n) is 9.96. The number of nitrogens with one attached hydrogen (secondary N) is 1. The number of rotatable bonds is 3. The predicted octanol–water partition coefficient (Wildman–Crippen LogP) is 4.66. The summed E-state index contributed by atoms with van der Waals surface area (Å²) in [7, 11) is 0. The number of morpholine rings is 1. The van der Waals surface area contributed by atoms with Crippen LogP contribution in [0.1, 0.15) is 48.5 Å². The SMILES string of the molecule is CC(C)(C)OC(=O)N1CCO[C@@H](c2ccc(NC(=O)c3ccnc(C(F)(F)F)c3)cc2)C1. The van der Waals surface area contributed by atoms with Crippen LogP contribution in [-0.4, -0.2) is 47.2 Å². The number of ether oxygens (including phenoxy) is 2. The first kappa shape index (κ1) is 23.5. The third-order valence-corrected chi connectivity index (χ3v) is 4.57. The fraction of sp³-hybridized carbons (Fsp3) is 0.409. The van der Waals surface area contributed by atoms with Crippen LogP contribution >= 0.6 is 0 Å². The van der Waals surface area contributed by atoms with Gasteiger partial charge in [0, 0.05) is 24.0 Å². The molecule has 1 aliphatic rings. The Morgan fingerprint density at radius 3 is 2.47 bits per heavy atom. The van der Waals surface area contributed by atoms with Crippen LogP contribution in [0.2, 0.25) is 0 Å². The largest absolute Gasteiger partial charge is 0.444 e. The third kappa shape index (κ3) is 6.19. The number of aromatic nitrogens is 1.